The van der Waals surface area contributed by atoms with Crippen LogP contribution in [-0.2, 0) is 20.0 Å². The molecule has 1 atom stereocenters. The number of aryl methyl sites for hydroxylation is 3. The van der Waals surface area contributed by atoms with Gasteiger partial charge >= 0.3 is 0 Å². The van der Waals surface area contributed by atoms with Crippen molar-refractivity contribution in [1.82, 2.24) is 24.9 Å². The molecule has 1 amide bonds. The quantitative estimate of drug-likeness (QED) is 0.749. The third kappa shape index (κ3) is 3.49. The Kier molecular flexibility index (Phi) is 5.12. The minimum absolute atomic E-state index is 0.0957. The van der Waals surface area contributed by atoms with Crippen molar-refractivity contribution in [2.24, 2.45) is 7.05 Å². The lowest BCUT2D eigenvalue weighted by molar-refractivity contribution is 0.0934. The van der Waals surface area contributed by atoms with Crippen molar-refractivity contribution in [3.8, 4) is 0 Å². The molecular formula is C20H25N5O2. The summed E-state index contributed by atoms with van der Waals surface area (Å²) in [6.45, 7) is 8.20. The molecule has 1 aromatic carbocycles. The molecule has 0 bridgehead atoms. The second kappa shape index (κ2) is 7.34. The summed E-state index contributed by atoms with van der Waals surface area (Å²) in [6, 6.07) is 7.00. The third-order valence-electron chi connectivity index (χ3n) is 4.93. The fourth-order valence-electron chi connectivity index (χ4n) is 3.38. The van der Waals surface area contributed by atoms with E-state index in [9.17, 15) is 9.59 Å². The van der Waals surface area contributed by atoms with Crippen molar-refractivity contribution >= 4 is 16.7 Å². The summed E-state index contributed by atoms with van der Waals surface area (Å²) in [4.78, 5) is 25.3. The van der Waals surface area contributed by atoms with E-state index in [-0.39, 0.29) is 23.2 Å². The first-order valence-electron chi connectivity index (χ1n) is 9.13. The van der Waals surface area contributed by atoms with Crippen LogP contribution < -0.4 is 10.9 Å². The summed E-state index contributed by atoms with van der Waals surface area (Å²) in [5, 5.41) is 12.8. The molecule has 3 aromatic rings. The largest absolute Gasteiger partial charge is 0.348 e. The van der Waals surface area contributed by atoms with E-state index in [2.05, 4.69) is 15.5 Å². The summed E-state index contributed by atoms with van der Waals surface area (Å²) < 4.78 is 3.18. The number of nitrogens with one attached hydrogen (secondary N) is 1. The van der Waals surface area contributed by atoms with Gasteiger partial charge in [0.2, 0.25) is 0 Å². The molecule has 0 fully saturated rings. The Morgan fingerprint density at radius 1 is 1.19 bits per heavy atom. The number of amides is 1. The van der Waals surface area contributed by atoms with E-state index in [1.807, 2.05) is 45.5 Å². The Morgan fingerprint density at radius 3 is 2.44 bits per heavy atom. The molecule has 7 nitrogen and oxygen atoms in total. The number of fused-ring (bicyclic) bond motifs is 1. The van der Waals surface area contributed by atoms with Crippen LogP contribution in [0.3, 0.4) is 0 Å². The van der Waals surface area contributed by atoms with E-state index < -0.39 is 0 Å². The van der Waals surface area contributed by atoms with Gasteiger partial charge in [0.05, 0.1) is 11.1 Å². The van der Waals surface area contributed by atoms with Crippen LogP contribution >= 0.6 is 0 Å². The summed E-state index contributed by atoms with van der Waals surface area (Å²) >= 11 is 0. The van der Waals surface area contributed by atoms with Crippen molar-refractivity contribution in [3.63, 3.8) is 0 Å². The highest BCUT2D eigenvalue weighted by Gasteiger charge is 2.19. The highest BCUT2D eigenvalue weighted by Crippen LogP contribution is 2.16. The average Bonchev–Trinajstić information content (AvgIpc) is 2.88. The Morgan fingerprint density at radius 2 is 1.85 bits per heavy atom. The lowest BCUT2D eigenvalue weighted by Gasteiger charge is -2.15. The molecule has 2 heterocycles. The van der Waals surface area contributed by atoms with E-state index in [0.717, 1.165) is 17.0 Å². The van der Waals surface area contributed by atoms with Gasteiger partial charge in [-0.3, -0.25) is 14.3 Å². The zero-order chi connectivity index (χ0) is 19.7. The monoisotopic (exact) mass is 367 g/mol. The van der Waals surface area contributed by atoms with Crippen molar-refractivity contribution in [2.45, 2.75) is 46.7 Å². The van der Waals surface area contributed by atoms with Crippen molar-refractivity contribution < 1.29 is 4.79 Å². The standard InChI is InChI=1S/C20H25N5O2/c1-6-25-20(27)16-10-8-7-9-15(16)18(23-25)19(26)21-12(2)11-17-13(3)22-24(5)14(17)4/h7-10,12H,6,11H2,1-5H3,(H,21,26)/t12-/m1/s1. The Labute approximate surface area is 158 Å². The van der Waals surface area contributed by atoms with Gasteiger partial charge in [0, 0.05) is 30.7 Å². The predicted molar refractivity (Wildman–Crippen MR) is 105 cm³/mol. The molecule has 27 heavy (non-hydrogen) atoms. The number of carbonyl (C=O) groups is 1. The number of hydrogen-bond acceptors (Lipinski definition) is 4. The van der Waals surface area contributed by atoms with Gasteiger partial charge in [-0.05, 0) is 45.7 Å². The van der Waals surface area contributed by atoms with E-state index in [0.29, 0.717) is 23.7 Å². The zero-order valence-corrected chi connectivity index (χ0v) is 16.4. The average molecular weight is 367 g/mol. The number of carbonyl (C=O) groups excluding carboxylic acids is 1. The number of hydrogen-bond donors (Lipinski definition) is 1. The van der Waals surface area contributed by atoms with Gasteiger partial charge in [0.15, 0.2) is 5.69 Å². The van der Waals surface area contributed by atoms with E-state index >= 15 is 0 Å². The number of benzene rings is 1. The maximum atomic E-state index is 12.9. The van der Waals surface area contributed by atoms with Gasteiger partial charge in [-0.1, -0.05) is 18.2 Å². The van der Waals surface area contributed by atoms with Gasteiger partial charge in [-0.2, -0.15) is 10.2 Å². The lowest BCUT2D eigenvalue weighted by atomic mass is 10.0. The zero-order valence-electron chi connectivity index (χ0n) is 16.4. The first-order chi connectivity index (χ1) is 12.8. The predicted octanol–water partition coefficient (Wildman–Crippen LogP) is 2.13. The van der Waals surface area contributed by atoms with Crippen LogP contribution in [0.5, 0.6) is 0 Å². The fourth-order valence-corrected chi connectivity index (χ4v) is 3.38. The molecule has 3 rings (SSSR count). The fraction of sp³-hybridized carbons (Fsp3) is 0.400. The van der Waals surface area contributed by atoms with Crippen LogP contribution in [0.25, 0.3) is 10.8 Å². The molecule has 0 aliphatic carbocycles. The summed E-state index contributed by atoms with van der Waals surface area (Å²) in [6.07, 6.45) is 0.683. The van der Waals surface area contributed by atoms with Crippen LogP contribution in [0.15, 0.2) is 29.1 Å². The second-order valence-corrected chi connectivity index (χ2v) is 6.87. The first-order valence-corrected chi connectivity index (χ1v) is 9.13. The molecule has 0 spiro atoms. The Hall–Kier alpha value is -2.96. The molecule has 0 aliphatic rings. The first kappa shape index (κ1) is 18.8. The summed E-state index contributed by atoms with van der Waals surface area (Å²) in [7, 11) is 1.92. The van der Waals surface area contributed by atoms with Gasteiger partial charge in [0.25, 0.3) is 11.5 Å². The van der Waals surface area contributed by atoms with Crippen LogP contribution in [0, 0.1) is 13.8 Å². The lowest BCUT2D eigenvalue weighted by Crippen LogP contribution is -2.36. The molecule has 0 saturated carbocycles. The molecule has 0 unspecified atom stereocenters. The van der Waals surface area contributed by atoms with Crippen LogP contribution in [0.2, 0.25) is 0 Å². The number of aromatic nitrogens is 4. The maximum Gasteiger partial charge on any atom is 0.274 e. The van der Waals surface area contributed by atoms with Crippen LogP contribution in [0.1, 0.15) is 41.3 Å². The molecule has 7 heteroatoms. The van der Waals surface area contributed by atoms with Crippen molar-refractivity contribution in [3.05, 3.63) is 57.3 Å². The van der Waals surface area contributed by atoms with Gasteiger partial charge in [0.1, 0.15) is 0 Å². The number of rotatable bonds is 5. The molecule has 1 N–H and O–H groups in total. The summed E-state index contributed by atoms with van der Waals surface area (Å²) in [5.74, 6) is -0.278. The molecular weight excluding hydrogens is 342 g/mol. The second-order valence-electron chi connectivity index (χ2n) is 6.87. The van der Waals surface area contributed by atoms with Crippen molar-refractivity contribution in [2.75, 3.05) is 0 Å². The topological polar surface area (TPSA) is 81.8 Å². The molecule has 0 saturated heterocycles. The van der Waals surface area contributed by atoms with Crippen LogP contribution in [0.4, 0.5) is 0 Å². The maximum absolute atomic E-state index is 12.9. The van der Waals surface area contributed by atoms with Crippen molar-refractivity contribution in [1.29, 1.82) is 0 Å². The normalized spacial score (nSPS) is 12.3. The highest BCUT2D eigenvalue weighted by molar-refractivity contribution is 6.04. The number of nitrogens with zero attached hydrogens (tertiary/aromatic N) is 4. The van der Waals surface area contributed by atoms with Gasteiger partial charge < -0.3 is 5.32 Å². The SMILES string of the molecule is CCn1nc(C(=O)N[C@H](C)Cc2c(C)nn(C)c2C)c2ccccc2c1=O. The molecule has 2 aromatic heterocycles. The molecule has 0 radical (unpaired) electrons. The minimum atomic E-state index is -0.278. The highest BCUT2D eigenvalue weighted by atomic mass is 16.2. The van der Waals surface area contributed by atoms with E-state index in [4.69, 9.17) is 0 Å². The Balaban J connectivity index is 1.90. The van der Waals surface area contributed by atoms with Gasteiger partial charge in [-0.15, -0.1) is 0 Å². The van der Waals surface area contributed by atoms with E-state index in [1.165, 1.54) is 4.68 Å². The Bertz CT molecular complexity index is 1060. The third-order valence-corrected chi connectivity index (χ3v) is 4.93. The van der Waals surface area contributed by atoms with Crippen LogP contribution in [-0.4, -0.2) is 31.5 Å². The van der Waals surface area contributed by atoms with Gasteiger partial charge in [-0.25, -0.2) is 4.68 Å². The smallest absolute Gasteiger partial charge is 0.274 e. The van der Waals surface area contributed by atoms with E-state index in [1.54, 1.807) is 18.2 Å². The molecule has 0 aliphatic heterocycles. The minimum Gasteiger partial charge on any atom is -0.348 e. The summed E-state index contributed by atoms with van der Waals surface area (Å²) in [5.41, 5.74) is 3.30. The molecule has 142 valence electrons.